The lowest BCUT2D eigenvalue weighted by atomic mass is 9.81. The van der Waals surface area contributed by atoms with E-state index in [1.807, 2.05) is 67.4 Å². The van der Waals surface area contributed by atoms with E-state index in [1.165, 1.54) is 0 Å². The number of amides is 2. The molecule has 2 aliphatic heterocycles. The Morgan fingerprint density at radius 1 is 1.12 bits per heavy atom. The Hall–Kier alpha value is -2.62. The van der Waals surface area contributed by atoms with Crippen molar-refractivity contribution in [2.45, 2.75) is 18.8 Å². The summed E-state index contributed by atoms with van der Waals surface area (Å²) in [6.45, 7) is 3.05. The number of anilines is 1. The molecule has 122 valence electrons. The third kappa shape index (κ3) is 1.99. The number of likely N-dealkylation sites (tertiary alicyclic amines) is 1. The number of carbonyl (C=O) groups is 2. The van der Waals surface area contributed by atoms with E-state index in [-0.39, 0.29) is 11.8 Å². The zero-order valence-electron chi connectivity index (χ0n) is 14.0. The molecule has 1 atom stereocenters. The number of carbonyl (C=O) groups excluding carboxylic acids is 2. The summed E-state index contributed by atoms with van der Waals surface area (Å²) in [6.07, 6.45) is 0.685. The van der Waals surface area contributed by atoms with Gasteiger partial charge in [-0.3, -0.25) is 9.59 Å². The summed E-state index contributed by atoms with van der Waals surface area (Å²) in [5.74, 6) is 0.110. The highest BCUT2D eigenvalue weighted by molar-refractivity contribution is 6.09. The zero-order chi connectivity index (χ0) is 16.9. The van der Waals surface area contributed by atoms with Gasteiger partial charge in [0.2, 0.25) is 5.91 Å². The predicted molar refractivity (Wildman–Crippen MR) is 93.2 cm³/mol. The van der Waals surface area contributed by atoms with E-state index in [0.29, 0.717) is 25.1 Å². The lowest BCUT2D eigenvalue weighted by Crippen LogP contribution is -2.42. The van der Waals surface area contributed by atoms with Gasteiger partial charge in [-0.05, 0) is 37.1 Å². The summed E-state index contributed by atoms with van der Waals surface area (Å²) >= 11 is 0. The molecule has 0 N–H and O–H groups in total. The van der Waals surface area contributed by atoms with Crippen molar-refractivity contribution in [2.75, 3.05) is 25.0 Å². The Labute approximate surface area is 141 Å². The number of para-hydroxylation sites is 1. The van der Waals surface area contributed by atoms with Crippen molar-refractivity contribution in [3.63, 3.8) is 0 Å². The highest BCUT2D eigenvalue weighted by atomic mass is 16.2. The van der Waals surface area contributed by atoms with E-state index in [2.05, 4.69) is 0 Å². The fraction of sp³-hybridized carbons (Fsp3) is 0.300. The smallest absolute Gasteiger partial charge is 0.253 e. The molecule has 0 aliphatic carbocycles. The predicted octanol–water partition coefficient (Wildman–Crippen LogP) is 2.76. The minimum atomic E-state index is -0.579. The molecule has 2 aromatic carbocycles. The molecule has 0 unspecified atom stereocenters. The molecule has 0 bridgehead atoms. The highest BCUT2D eigenvalue weighted by Gasteiger charge is 2.54. The van der Waals surface area contributed by atoms with Crippen LogP contribution >= 0.6 is 0 Å². The molecule has 2 heterocycles. The Kier molecular flexibility index (Phi) is 3.23. The maximum Gasteiger partial charge on any atom is 0.253 e. The molecule has 24 heavy (non-hydrogen) atoms. The van der Waals surface area contributed by atoms with Crippen molar-refractivity contribution in [3.8, 4) is 0 Å². The summed E-state index contributed by atoms with van der Waals surface area (Å²) in [6, 6.07) is 15.6. The van der Waals surface area contributed by atoms with E-state index in [4.69, 9.17) is 0 Å². The fourth-order valence-electron chi connectivity index (χ4n) is 4.05. The molecule has 0 radical (unpaired) electrons. The molecular weight excluding hydrogens is 300 g/mol. The van der Waals surface area contributed by atoms with Crippen LogP contribution in [-0.4, -0.2) is 36.9 Å². The van der Waals surface area contributed by atoms with Gasteiger partial charge in [-0.25, -0.2) is 0 Å². The molecule has 1 saturated heterocycles. The normalized spacial score (nSPS) is 22.3. The van der Waals surface area contributed by atoms with Gasteiger partial charge >= 0.3 is 0 Å². The van der Waals surface area contributed by atoms with E-state index < -0.39 is 5.41 Å². The lowest BCUT2D eigenvalue weighted by molar-refractivity contribution is -0.122. The number of hydrogen-bond acceptors (Lipinski definition) is 2. The third-order valence-electron chi connectivity index (χ3n) is 5.32. The van der Waals surface area contributed by atoms with Crippen LogP contribution in [0.2, 0.25) is 0 Å². The summed E-state index contributed by atoms with van der Waals surface area (Å²) in [5, 5.41) is 0. The second-order valence-corrected chi connectivity index (χ2v) is 6.81. The van der Waals surface area contributed by atoms with Crippen molar-refractivity contribution < 1.29 is 9.59 Å². The second kappa shape index (κ2) is 5.20. The van der Waals surface area contributed by atoms with Crippen molar-refractivity contribution in [2.24, 2.45) is 0 Å². The highest BCUT2D eigenvalue weighted by Crippen LogP contribution is 2.46. The van der Waals surface area contributed by atoms with Crippen LogP contribution in [0.3, 0.4) is 0 Å². The van der Waals surface area contributed by atoms with Gasteiger partial charge < -0.3 is 9.80 Å². The molecule has 1 spiro atoms. The molecule has 2 amide bonds. The van der Waals surface area contributed by atoms with Gasteiger partial charge in [-0.1, -0.05) is 35.9 Å². The molecular formula is C20H20N2O2. The van der Waals surface area contributed by atoms with Crippen molar-refractivity contribution >= 4 is 17.5 Å². The van der Waals surface area contributed by atoms with Crippen LogP contribution in [0.25, 0.3) is 0 Å². The molecule has 2 aliphatic rings. The first kappa shape index (κ1) is 14.9. The number of fused-ring (bicyclic) bond motifs is 2. The van der Waals surface area contributed by atoms with Crippen LogP contribution in [0.5, 0.6) is 0 Å². The minimum absolute atomic E-state index is 0.00964. The lowest BCUT2D eigenvalue weighted by Gasteiger charge is -2.23. The zero-order valence-corrected chi connectivity index (χ0v) is 14.0. The van der Waals surface area contributed by atoms with Gasteiger partial charge in [0, 0.05) is 31.4 Å². The first-order valence-corrected chi connectivity index (χ1v) is 8.26. The van der Waals surface area contributed by atoms with Crippen LogP contribution in [0.4, 0.5) is 5.69 Å². The number of benzene rings is 2. The number of rotatable bonds is 1. The number of hydrogen-bond donors (Lipinski definition) is 0. The Morgan fingerprint density at radius 3 is 2.71 bits per heavy atom. The summed E-state index contributed by atoms with van der Waals surface area (Å²) in [4.78, 5) is 29.3. The maximum absolute atomic E-state index is 12.9. The van der Waals surface area contributed by atoms with Gasteiger partial charge in [0.15, 0.2) is 0 Å². The van der Waals surface area contributed by atoms with Crippen LogP contribution in [0.15, 0.2) is 48.5 Å². The first-order chi connectivity index (χ1) is 11.5. The van der Waals surface area contributed by atoms with E-state index in [1.54, 1.807) is 4.90 Å². The number of likely N-dealkylation sites (N-methyl/N-ethyl adjacent to an activating group) is 1. The average Bonchev–Trinajstić information content (AvgIpc) is 3.13. The van der Waals surface area contributed by atoms with Crippen molar-refractivity contribution in [1.29, 1.82) is 0 Å². The molecule has 0 aromatic heterocycles. The third-order valence-corrected chi connectivity index (χ3v) is 5.32. The molecule has 4 nitrogen and oxygen atoms in total. The monoisotopic (exact) mass is 320 g/mol. The quantitative estimate of drug-likeness (QED) is 0.811. The van der Waals surface area contributed by atoms with Gasteiger partial charge in [0.25, 0.3) is 5.91 Å². The summed E-state index contributed by atoms with van der Waals surface area (Å²) in [7, 11) is 1.82. The minimum Gasteiger partial charge on any atom is -0.337 e. The first-order valence-electron chi connectivity index (χ1n) is 8.26. The van der Waals surface area contributed by atoms with E-state index >= 15 is 0 Å². The second-order valence-electron chi connectivity index (χ2n) is 6.81. The van der Waals surface area contributed by atoms with Gasteiger partial charge in [-0.15, -0.1) is 0 Å². The number of nitrogens with zero attached hydrogens (tertiary/aromatic N) is 2. The maximum atomic E-state index is 12.9. The van der Waals surface area contributed by atoms with Crippen molar-refractivity contribution in [3.05, 3.63) is 65.2 Å². The van der Waals surface area contributed by atoms with Crippen molar-refractivity contribution in [1.82, 2.24) is 4.90 Å². The van der Waals surface area contributed by atoms with Crippen LogP contribution in [0.1, 0.15) is 27.9 Å². The molecule has 1 fully saturated rings. The molecule has 0 saturated carbocycles. The van der Waals surface area contributed by atoms with Crippen LogP contribution in [0, 0.1) is 6.92 Å². The topological polar surface area (TPSA) is 40.6 Å². The summed E-state index contributed by atoms with van der Waals surface area (Å²) in [5.41, 5.74) is 3.20. The van der Waals surface area contributed by atoms with Gasteiger partial charge in [0.05, 0.1) is 5.41 Å². The Bertz CT molecular complexity index is 845. The molecule has 2 aromatic rings. The van der Waals surface area contributed by atoms with Crippen LogP contribution < -0.4 is 4.90 Å². The fourth-order valence-corrected chi connectivity index (χ4v) is 4.05. The Balaban J connectivity index is 1.67. The molecule has 4 heteroatoms. The van der Waals surface area contributed by atoms with Gasteiger partial charge in [0.1, 0.15) is 0 Å². The Morgan fingerprint density at radius 2 is 1.92 bits per heavy atom. The SMILES string of the molecule is Cc1cccc(C(=O)N2CC[C@]3(C2)C(=O)N(C)c2ccccc23)c1. The molecule has 4 rings (SSSR count). The number of aryl methyl sites for hydroxylation is 1. The average molecular weight is 320 g/mol. The van der Waals surface area contributed by atoms with Gasteiger partial charge in [-0.2, -0.15) is 0 Å². The standard InChI is InChI=1S/C20H20N2O2/c1-14-6-5-7-15(12-14)18(23)22-11-10-20(13-22)16-8-3-4-9-17(16)21(2)19(20)24/h3-9,12H,10-11,13H2,1-2H3/t20-/m1/s1. The summed E-state index contributed by atoms with van der Waals surface area (Å²) < 4.78 is 0. The largest absolute Gasteiger partial charge is 0.337 e. The van der Waals surface area contributed by atoms with E-state index in [9.17, 15) is 9.59 Å². The van der Waals surface area contributed by atoms with Crippen LogP contribution in [-0.2, 0) is 10.2 Å². The van der Waals surface area contributed by atoms with E-state index in [0.717, 1.165) is 16.8 Å².